The van der Waals surface area contributed by atoms with Crippen LogP contribution in [0.5, 0.6) is 0 Å². The maximum atomic E-state index is 11.3. The summed E-state index contributed by atoms with van der Waals surface area (Å²) in [6, 6.07) is 0. The molecular weight excluding hydrogens is 536 g/mol. The molecule has 14 heteroatoms. The molecule has 0 aliphatic rings. The lowest BCUT2D eigenvalue weighted by Gasteiger charge is -2.09. The molecule has 0 saturated heterocycles. The Morgan fingerprint density at radius 2 is 0.775 bits per heavy atom. The van der Waals surface area contributed by atoms with Crippen LogP contribution in [-0.2, 0) is 61.8 Å². The molecule has 0 aromatic heterocycles. The van der Waals surface area contributed by atoms with Gasteiger partial charge in [-0.25, -0.2) is 4.79 Å². The molecule has 0 bridgehead atoms. The zero-order chi connectivity index (χ0) is 29.4. The number of ether oxygens (including phenoxy) is 10. The molecule has 0 aliphatic heterocycles. The van der Waals surface area contributed by atoms with Crippen molar-refractivity contribution in [3.63, 3.8) is 0 Å². The lowest BCUT2D eigenvalue weighted by Crippen LogP contribution is -2.17. The second-order valence-corrected chi connectivity index (χ2v) is 7.71. The Labute approximate surface area is 236 Å². The van der Waals surface area contributed by atoms with Crippen molar-refractivity contribution >= 4 is 17.7 Å². The van der Waals surface area contributed by atoms with Crippen LogP contribution in [0, 0.1) is 0 Å². The standard InChI is InChI=1S/C26H46O14/c1-2-5-31-6-7-32-8-9-33-10-11-34-12-13-35-14-15-36-16-17-37-18-19-38-20-21-39-22-23-40-25(28)4-3-24(27)26(29)30/h2H,1,3-23H2,(H,29,30). The summed E-state index contributed by atoms with van der Waals surface area (Å²) in [6.07, 6.45) is 1.04. The molecule has 0 atom stereocenters. The first kappa shape index (κ1) is 38.0. The zero-order valence-corrected chi connectivity index (χ0v) is 23.4. The minimum absolute atomic E-state index is 0.0168. The van der Waals surface area contributed by atoms with Crippen molar-refractivity contribution in [3.05, 3.63) is 12.7 Å². The smallest absolute Gasteiger partial charge is 0.372 e. The molecule has 0 radical (unpaired) electrons. The van der Waals surface area contributed by atoms with Crippen molar-refractivity contribution in [1.29, 1.82) is 0 Å². The van der Waals surface area contributed by atoms with Gasteiger partial charge in [-0.1, -0.05) is 6.08 Å². The summed E-state index contributed by atoms with van der Waals surface area (Å²) in [6.45, 7) is 11.7. The van der Waals surface area contributed by atoms with Gasteiger partial charge < -0.3 is 52.5 Å². The summed E-state index contributed by atoms with van der Waals surface area (Å²) >= 11 is 0. The van der Waals surface area contributed by atoms with Gasteiger partial charge in [-0.05, 0) is 0 Å². The summed E-state index contributed by atoms with van der Waals surface area (Å²) < 4.78 is 53.0. The Morgan fingerprint density at radius 3 is 1.07 bits per heavy atom. The average molecular weight is 583 g/mol. The Bertz CT molecular complexity index is 616. The van der Waals surface area contributed by atoms with E-state index in [-0.39, 0.29) is 26.1 Å². The van der Waals surface area contributed by atoms with Gasteiger partial charge in [0.05, 0.1) is 125 Å². The number of aliphatic carboxylic acids is 1. The minimum Gasteiger partial charge on any atom is -0.476 e. The van der Waals surface area contributed by atoms with E-state index in [1.54, 1.807) is 6.08 Å². The van der Waals surface area contributed by atoms with Gasteiger partial charge in [0.15, 0.2) is 0 Å². The van der Waals surface area contributed by atoms with E-state index in [1.807, 2.05) is 0 Å². The first-order valence-electron chi connectivity index (χ1n) is 13.3. The van der Waals surface area contributed by atoms with Crippen LogP contribution in [0.25, 0.3) is 0 Å². The van der Waals surface area contributed by atoms with Crippen LogP contribution < -0.4 is 0 Å². The van der Waals surface area contributed by atoms with Crippen LogP contribution in [0.2, 0.25) is 0 Å². The Morgan fingerprint density at radius 1 is 0.475 bits per heavy atom. The van der Waals surface area contributed by atoms with Gasteiger partial charge in [-0.15, -0.1) is 6.58 Å². The fourth-order valence-electron chi connectivity index (χ4n) is 2.54. The van der Waals surface area contributed by atoms with Crippen molar-refractivity contribution in [1.82, 2.24) is 0 Å². The monoisotopic (exact) mass is 582 g/mol. The van der Waals surface area contributed by atoms with Gasteiger partial charge in [-0.2, -0.15) is 0 Å². The number of carboxylic acid groups (broad SMARTS) is 1. The maximum Gasteiger partial charge on any atom is 0.372 e. The van der Waals surface area contributed by atoms with Gasteiger partial charge in [0.1, 0.15) is 6.61 Å². The lowest BCUT2D eigenvalue weighted by atomic mass is 10.2. The van der Waals surface area contributed by atoms with E-state index in [0.717, 1.165) is 0 Å². The molecule has 0 heterocycles. The van der Waals surface area contributed by atoms with Crippen molar-refractivity contribution < 1.29 is 66.9 Å². The summed E-state index contributed by atoms with van der Waals surface area (Å²) in [5, 5.41) is 8.42. The fourth-order valence-corrected chi connectivity index (χ4v) is 2.54. The van der Waals surface area contributed by atoms with Gasteiger partial charge in [0, 0.05) is 6.42 Å². The summed E-state index contributed by atoms with van der Waals surface area (Å²) in [5.74, 6) is -3.23. The number of rotatable bonds is 33. The van der Waals surface area contributed by atoms with E-state index < -0.39 is 17.7 Å². The number of Topliss-reactive ketones (excluding diaryl/α,β-unsaturated/α-hetero) is 1. The number of carboxylic acids is 1. The molecule has 0 aromatic carbocycles. The van der Waals surface area contributed by atoms with E-state index in [1.165, 1.54) is 0 Å². The largest absolute Gasteiger partial charge is 0.476 e. The highest BCUT2D eigenvalue weighted by molar-refractivity contribution is 6.32. The molecule has 0 unspecified atom stereocenters. The Kier molecular flexibility index (Phi) is 29.9. The summed E-state index contributed by atoms with van der Waals surface area (Å²) in [4.78, 5) is 32.6. The van der Waals surface area contributed by atoms with E-state index in [9.17, 15) is 14.4 Å². The maximum absolute atomic E-state index is 11.3. The number of carbonyl (C=O) groups excluding carboxylic acids is 2. The number of ketones is 1. The molecule has 0 aliphatic carbocycles. The quantitative estimate of drug-likeness (QED) is 0.0486. The SMILES string of the molecule is C=CCOCCOCCOCCOCCOCCOCCOCCOCCOCCOC(=O)CCC(=O)C(=O)O. The third-order valence-corrected chi connectivity index (χ3v) is 4.50. The van der Waals surface area contributed by atoms with Crippen LogP contribution in [-0.4, -0.2) is 148 Å². The number of carbonyl (C=O) groups is 3. The van der Waals surface area contributed by atoms with Crippen LogP contribution in [0.1, 0.15) is 12.8 Å². The highest BCUT2D eigenvalue weighted by Gasteiger charge is 2.14. The van der Waals surface area contributed by atoms with Gasteiger partial charge in [0.25, 0.3) is 0 Å². The predicted octanol–water partition coefficient (Wildman–Crippen LogP) is 0.299. The van der Waals surface area contributed by atoms with Crippen molar-refractivity contribution in [3.8, 4) is 0 Å². The van der Waals surface area contributed by atoms with Gasteiger partial charge in [0.2, 0.25) is 5.78 Å². The highest BCUT2D eigenvalue weighted by Crippen LogP contribution is 1.95. The fraction of sp³-hybridized carbons (Fsp3) is 0.808. The average Bonchev–Trinajstić information content (AvgIpc) is 2.95. The first-order valence-corrected chi connectivity index (χ1v) is 13.3. The highest BCUT2D eigenvalue weighted by atomic mass is 16.6. The van der Waals surface area contributed by atoms with Crippen molar-refractivity contribution in [2.75, 3.05) is 126 Å². The third kappa shape index (κ3) is 30.5. The van der Waals surface area contributed by atoms with E-state index >= 15 is 0 Å². The second-order valence-electron chi connectivity index (χ2n) is 7.71. The van der Waals surface area contributed by atoms with Gasteiger partial charge in [-0.3, -0.25) is 9.59 Å². The zero-order valence-electron chi connectivity index (χ0n) is 23.4. The number of hydrogen-bond donors (Lipinski definition) is 1. The molecule has 234 valence electrons. The summed E-state index contributed by atoms with van der Waals surface area (Å²) in [7, 11) is 0. The molecule has 1 N–H and O–H groups in total. The second kappa shape index (κ2) is 31.5. The first-order chi connectivity index (χ1) is 19.6. The Balaban J connectivity index is 3.13. The van der Waals surface area contributed by atoms with Crippen molar-refractivity contribution in [2.45, 2.75) is 12.8 Å². The van der Waals surface area contributed by atoms with Crippen LogP contribution >= 0.6 is 0 Å². The summed E-state index contributed by atoms with van der Waals surface area (Å²) in [5.41, 5.74) is 0. The predicted molar refractivity (Wildman–Crippen MR) is 140 cm³/mol. The number of hydrogen-bond acceptors (Lipinski definition) is 13. The molecule has 14 nitrogen and oxygen atoms in total. The molecule has 0 spiro atoms. The van der Waals surface area contributed by atoms with Crippen LogP contribution in [0.15, 0.2) is 12.7 Å². The van der Waals surface area contributed by atoms with Crippen molar-refractivity contribution in [2.24, 2.45) is 0 Å². The topological polar surface area (TPSA) is 164 Å². The van der Waals surface area contributed by atoms with E-state index in [2.05, 4.69) is 6.58 Å². The number of esters is 1. The lowest BCUT2D eigenvalue weighted by molar-refractivity contribution is -0.151. The Hall–Kier alpha value is -2.01. The molecule has 0 rings (SSSR count). The van der Waals surface area contributed by atoms with E-state index in [4.69, 9.17) is 52.5 Å². The van der Waals surface area contributed by atoms with Gasteiger partial charge >= 0.3 is 11.9 Å². The molecular formula is C26H46O14. The van der Waals surface area contributed by atoms with Crippen LogP contribution in [0.4, 0.5) is 0 Å². The van der Waals surface area contributed by atoms with Crippen LogP contribution in [0.3, 0.4) is 0 Å². The van der Waals surface area contributed by atoms with E-state index in [0.29, 0.717) is 112 Å². The molecule has 0 saturated carbocycles. The minimum atomic E-state index is -1.56. The normalized spacial score (nSPS) is 11.0. The molecule has 0 aromatic rings. The molecule has 0 amide bonds. The molecule has 0 fully saturated rings. The third-order valence-electron chi connectivity index (χ3n) is 4.50. The molecule has 40 heavy (non-hydrogen) atoms.